The molecule has 0 amide bonds. The van der Waals surface area contributed by atoms with Gasteiger partial charge >= 0.3 is 7.82 Å². The monoisotopic (exact) mass is 284 g/mol. The van der Waals surface area contributed by atoms with Crippen LogP contribution in [0.4, 0.5) is 0 Å². The lowest BCUT2D eigenvalue weighted by Crippen LogP contribution is -2.57. The fraction of sp³-hybridized carbons (Fsp3) is 0.889. The molecule has 0 spiro atoms. The summed E-state index contributed by atoms with van der Waals surface area (Å²) in [4.78, 5) is 28.3. The molecule has 9 heteroatoms. The smallest absolute Gasteiger partial charge is 0.390 e. The van der Waals surface area contributed by atoms with Crippen LogP contribution in [0.15, 0.2) is 0 Å². The van der Waals surface area contributed by atoms with Gasteiger partial charge in [-0.15, -0.1) is 0 Å². The first kappa shape index (κ1) is 15.7. The van der Waals surface area contributed by atoms with E-state index in [2.05, 4.69) is 4.52 Å². The highest BCUT2D eigenvalue weighted by atomic mass is 31.2. The zero-order valence-electron chi connectivity index (χ0n) is 9.60. The highest BCUT2D eigenvalue weighted by Crippen LogP contribution is 2.36. The number of phosphoric acid groups is 1. The molecule has 1 saturated carbocycles. The van der Waals surface area contributed by atoms with Crippen molar-refractivity contribution in [1.82, 2.24) is 0 Å². The number of carbonyl (C=O) groups is 1. The molecule has 0 saturated heterocycles. The number of aliphatic hydroxyl groups excluding tert-OH is 2. The van der Waals surface area contributed by atoms with Crippen LogP contribution in [0.2, 0.25) is 0 Å². The number of carbonyl (C=O) groups excluding carboxylic acids is 1. The molecule has 106 valence electrons. The van der Waals surface area contributed by atoms with Crippen molar-refractivity contribution >= 4 is 13.6 Å². The van der Waals surface area contributed by atoms with Crippen LogP contribution in [0.1, 0.15) is 25.7 Å². The minimum absolute atomic E-state index is 0.0387. The molecule has 5 N–H and O–H groups in total. The lowest BCUT2D eigenvalue weighted by molar-refractivity contribution is -0.176. The fourth-order valence-corrected chi connectivity index (χ4v) is 2.28. The van der Waals surface area contributed by atoms with Gasteiger partial charge in [-0.1, -0.05) is 12.8 Å². The van der Waals surface area contributed by atoms with Crippen LogP contribution < -0.4 is 0 Å². The molecule has 3 atom stereocenters. The molecule has 1 aliphatic rings. The molecular weight excluding hydrogens is 267 g/mol. The highest BCUT2D eigenvalue weighted by Gasteiger charge is 2.47. The highest BCUT2D eigenvalue weighted by molar-refractivity contribution is 7.46. The summed E-state index contributed by atoms with van der Waals surface area (Å²) in [7, 11) is -4.81. The van der Waals surface area contributed by atoms with Crippen LogP contribution in [0.25, 0.3) is 0 Å². The quantitative estimate of drug-likeness (QED) is 0.391. The Kier molecular flexibility index (Phi) is 5.02. The molecule has 0 bridgehead atoms. The number of hydrogen-bond donors (Lipinski definition) is 5. The predicted molar refractivity (Wildman–Crippen MR) is 58.4 cm³/mol. The first-order valence-electron chi connectivity index (χ1n) is 5.48. The number of phosphoric ester groups is 1. The topological polar surface area (TPSA) is 145 Å². The third-order valence-electron chi connectivity index (χ3n) is 3.04. The number of aliphatic hydroxyl groups is 3. The molecule has 0 aromatic rings. The summed E-state index contributed by atoms with van der Waals surface area (Å²) in [5, 5.41) is 29.3. The average molecular weight is 284 g/mol. The Morgan fingerprint density at radius 3 is 2.56 bits per heavy atom. The Hall–Kier alpha value is -0.340. The Morgan fingerprint density at radius 2 is 2.06 bits per heavy atom. The van der Waals surface area contributed by atoms with E-state index in [-0.39, 0.29) is 12.8 Å². The van der Waals surface area contributed by atoms with Crippen LogP contribution in [-0.2, 0) is 13.9 Å². The molecule has 0 aromatic carbocycles. The van der Waals surface area contributed by atoms with Crippen molar-refractivity contribution in [2.24, 2.45) is 0 Å². The Labute approximate surface area is 103 Å². The fourth-order valence-electron chi connectivity index (χ4n) is 1.99. The second kappa shape index (κ2) is 5.75. The Morgan fingerprint density at radius 1 is 1.44 bits per heavy atom. The number of ketones is 1. The summed E-state index contributed by atoms with van der Waals surface area (Å²) >= 11 is 0. The number of rotatable bonds is 5. The van der Waals surface area contributed by atoms with Gasteiger partial charge in [-0.05, 0) is 12.8 Å². The second-order valence-corrected chi connectivity index (χ2v) is 5.63. The molecule has 3 unspecified atom stereocenters. The Bertz CT molecular complexity index is 352. The SMILES string of the molecule is O=C(COP(=O)(O)O)C(O)C1(O)CCCCC1O. The molecule has 8 nitrogen and oxygen atoms in total. The summed E-state index contributed by atoms with van der Waals surface area (Å²) in [6.07, 6.45) is -1.68. The van der Waals surface area contributed by atoms with Gasteiger partial charge in [-0.25, -0.2) is 4.57 Å². The largest absolute Gasteiger partial charge is 0.470 e. The Balaban J connectivity index is 2.64. The molecule has 0 aromatic heterocycles. The zero-order valence-corrected chi connectivity index (χ0v) is 10.5. The van der Waals surface area contributed by atoms with E-state index in [9.17, 15) is 24.7 Å². The molecular formula is C9H17O8P. The second-order valence-electron chi connectivity index (χ2n) is 4.39. The van der Waals surface area contributed by atoms with E-state index in [1.807, 2.05) is 0 Å². The van der Waals surface area contributed by atoms with Crippen LogP contribution in [0, 0.1) is 0 Å². The standard InChI is InChI=1S/C9H17O8P/c10-6(5-17-18(14,15)16)8(12)9(13)4-2-1-3-7(9)11/h7-8,11-13H,1-5H2,(H2,14,15,16). The van der Waals surface area contributed by atoms with Gasteiger partial charge in [0.1, 0.15) is 18.3 Å². The summed E-state index contributed by atoms with van der Waals surface area (Å²) in [6, 6.07) is 0. The van der Waals surface area contributed by atoms with Crippen LogP contribution in [0.3, 0.4) is 0 Å². The van der Waals surface area contributed by atoms with Crippen molar-refractivity contribution in [3.8, 4) is 0 Å². The molecule has 0 heterocycles. The van der Waals surface area contributed by atoms with Gasteiger partial charge in [-0.2, -0.15) is 0 Å². The van der Waals surface area contributed by atoms with Gasteiger partial charge in [0.05, 0.1) is 6.10 Å². The number of Topliss-reactive ketones (excluding diaryl/α,β-unsaturated/α-hetero) is 1. The number of hydrogen-bond acceptors (Lipinski definition) is 6. The van der Waals surface area contributed by atoms with Crippen LogP contribution >= 0.6 is 7.82 Å². The maximum absolute atomic E-state index is 11.5. The van der Waals surface area contributed by atoms with E-state index in [0.29, 0.717) is 12.8 Å². The van der Waals surface area contributed by atoms with Crippen LogP contribution in [0.5, 0.6) is 0 Å². The third-order valence-corrected chi connectivity index (χ3v) is 3.50. The minimum atomic E-state index is -4.81. The first-order chi connectivity index (χ1) is 8.17. The summed E-state index contributed by atoms with van der Waals surface area (Å²) in [5.74, 6) is -1.08. The van der Waals surface area contributed by atoms with Gasteiger partial charge < -0.3 is 25.1 Å². The van der Waals surface area contributed by atoms with Gasteiger partial charge in [-0.3, -0.25) is 9.32 Å². The predicted octanol–water partition coefficient (Wildman–Crippen LogP) is -1.31. The molecule has 18 heavy (non-hydrogen) atoms. The molecule has 1 fully saturated rings. The summed E-state index contributed by atoms with van der Waals surface area (Å²) < 4.78 is 14.4. The third kappa shape index (κ3) is 3.83. The van der Waals surface area contributed by atoms with Crippen molar-refractivity contribution in [3.63, 3.8) is 0 Å². The lowest BCUT2D eigenvalue weighted by Gasteiger charge is -2.39. The molecule has 1 rings (SSSR count). The van der Waals surface area contributed by atoms with Gasteiger partial charge in [0.15, 0.2) is 5.78 Å². The van der Waals surface area contributed by atoms with Crippen molar-refractivity contribution in [2.45, 2.75) is 43.5 Å². The van der Waals surface area contributed by atoms with Gasteiger partial charge in [0.25, 0.3) is 0 Å². The van der Waals surface area contributed by atoms with E-state index in [1.54, 1.807) is 0 Å². The van der Waals surface area contributed by atoms with E-state index in [4.69, 9.17) is 9.79 Å². The van der Waals surface area contributed by atoms with Crippen molar-refractivity contribution in [1.29, 1.82) is 0 Å². The molecule has 0 radical (unpaired) electrons. The van der Waals surface area contributed by atoms with Gasteiger partial charge in [0.2, 0.25) is 0 Å². The maximum atomic E-state index is 11.5. The zero-order chi connectivity index (χ0) is 14.0. The lowest BCUT2D eigenvalue weighted by atomic mass is 9.77. The van der Waals surface area contributed by atoms with Crippen LogP contribution in [-0.4, -0.2) is 55.3 Å². The minimum Gasteiger partial charge on any atom is -0.390 e. The normalized spacial score (nSPS) is 31.1. The van der Waals surface area contributed by atoms with Gasteiger partial charge in [0, 0.05) is 0 Å². The maximum Gasteiger partial charge on any atom is 0.470 e. The first-order valence-corrected chi connectivity index (χ1v) is 7.01. The molecule has 0 aliphatic heterocycles. The van der Waals surface area contributed by atoms with E-state index in [0.717, 1.165) is 0 Å². The van der Waals surface area contributed by atoms with Crippen molar-refractivity contribution < 1.29 is 39.0 Å². The van der Waals surface area contributed by atoms with E-state index >= 15 is 0 Å². The summed E-state index contributed by atoms with van der Waals surface area (Å²) in [5.41, 5.74) is -1.98. The average Bonchev–Trinajstić information content (AvgIpc) is 2.28. The van der Waals surface area contributed by atoms with E-state index in [1.165, 1.54) is 0 Å². The summed E-state index contributed by atoms with van der Waals surface area (Å²) in [6.45, 7) is -1.03. The van der Waals surface area contributed by atoms with E-state index < -0.39 is 38.0 Å². The van der Waals surface area contributed by atoms with Crippen molar-refractivity contribution in [2.75, 3.05) is 6.61 Å². The molecule has 1 aliphatic carbocycles. The van der Waals surface area contributed by atoms with Crippen molar-refractivity contribution in [3.05, 3.63) is 0 Å².